The number of hydrogen-bond acceptors (Lipinski definition) is 4. The summed E-state index contributed by atoms with van der Waals surface area (Å²) in [6.45, 7) is 0. The van der Waals surface area contributed by atoms with E-state index in [1.165, 1.54) is 12.0 Å². The van der Waals surface area contributed by atoms with E-state index in [1.807, 2.05) is 34.3 Å². The van der Waals surface area contributed by atoms with Crippen LogP contribution in [-0.4, -0.2) is 22.5 Å². The van der Waals surface area contributed by atoms with Gasteiger partial charge in [0.2, 0.25) is 0 Å². The molecule has 0 fully saturated rings. The summed E-state index contributed by atoms with van der Waals surface area (Å²) < 4.78 is 6.63. The summed E-state index contributed by atoms with van der Waals surface area (Å²) in [5.74, 6) is -0.362. The predicted octanol–water partition coefficient (Wildman–Crippen LogP) is 2.77. The highest BCUT2D eigenvalue weighted by molar-refractivity contribution is 7.09. The van der Waals surface area contributed by atoms with Crippen molar-refractivity contribution in [2.24, 2.45) is 0 Å². The molecule has 3 heterocycles. The lowest BCUT2D eigenvalue weighted by Crippen LogP contribution is -2.03. The van der Waals surface area contributed by atoms with E-state index < -0.39 is 0 Å². The monoisotopic (exact) mass is 272 g/mol. The minimum atomic E-state index is -0.362. The number of hydrogen-bond donors (Lipinski definition) is 0. The van der Waals surface area contributed by atoms with Crippen LogP contribution < -0.4 is 0 Å². The van der Waals surface area contributed by atoms with Crippen LogP contribution in [0.4, 0.5) is 0 Å². The number of fused-ring (bicyclic) bond motifs is 1. The van der Waals surface area contributed by atoms with Crippen LogP contribution in [0, 0.1) is 0 Å². The van der Waals surface area contributed by atoms with Crippen molar-refractivity contribution in [3.05, 3.63) is 58.2 Å². The van der Waals surface area contributed by atoms with E-state index in [0.717, 1.165) is 12.1 Å². The highest BCUT2D eigenvalue weighted by Gasteiger charge is 2.13. The number of imidazole rings is 1. The molecule has 0 spiro atoms. The third kappa shape index (κ3) is 2.24. The van der Waals surface area contributed by atoms with Crippen molar-refractivity contribution in [2.45, 2.75) is 6.42 Å². The lowest BCUT2D eigenvalue weighted by atomic mass is 10.3. The molecular weight excluding hydrogens is 260 g/mol. The Bertz CT molecular complexity index is 716. The minimum Gasteiger partial charge on any atom is -0.465 e. The Labute approximate surface area is 114 Å². The van der Waals surface area contributed by atoms with Crippen LogP contribution in [0.1, 0.15) is 20.9 Å². The summed E-state index contributed by atoms with van der Waals surface area (Å²) >= 11 is 1.70. The van der Waals surface area contributed by atoms with Gasteiger partial charge in [0.1, 0.15) is 5.56 Å². The number of carbonyl (C=O) groups is 1. The van der Waals surface area contributed by atoms with Gasteiger partial charge in [-0.1, -0.05) is 6.07 Å². The number of esters is 1. The maximum absolute atomic E-state index is 11.7. The van der Waals surface area contributed by atoms with E-state index in [4.69, 9.17) is 4.74 Å². The number of carbonyl (C=O) groups excluding carboxylic acids is 1. The third-order valence-electron chi connectivity index (χ3n) is 2.87. The van der Waals surface area contributed by atoms with Gasteiger partial charge in [-0.05, 0) is 23.6 Å². The molecule has 0 atom stereocenters. The van der Waals surface area contributed by atoms with Crippen molar-refractivity contribution in [1.29, 1.82) is 0 Å². The van der Waals surface area contributed by atoms with Crippen molar-refractivity contribution < 1.29 is 9.53 Å². The van der Waals surface area contributed by atoms with Gasteiger partial charge in [0, 0.05) is 23.7 Å². The van der Waals surface area contributed by atoms with E-state index in [2.05, 4.69) is 11.1 Å². The SMILES string of the molecule is COC(=O)c1cccn2cc(Cc3cccs3)nc12. The third-order valence-corrected chi connectivity index (χ3v) is 3.75. The summed E-state index contributed by atoms with van der Waals surface area (Å²) in [5.41, 5.74) is 2.07. The zero-order chi connectivity index (χ0) is 13.2. The number of methoxy groups -OCH3 is 1. The maximum Gasteiger partial charge on any atom is 0.341 e. The maximum atomic E-state index is 11.7. The average molecular weight is 272 g/mol. The van der Waals surface area contributed by atoms with Crippen LogP contribution in [0.2, 0.25) is 0 Å². The molecule has 0 aromatic carbocycles. The molecule has 96 valence electrons. The number of pyridine rings is 1. The topological polar surface area (TPSA) is 43.6 Å². The fraction of sp³-hybridized carbons (Fsp3) is 0.143. The lowest BCUT2D eigenvalue weighted by molar-refractivity contribution is 0.0602. The molecule has 0 saturated carbocycles. The smallest absolute Gasteiger partial charge is 0.341 e. The van der Waals surface area contributed by atoms with Crippen molar-refractivity contribution in [3.8, 4) is 0 Å². The molecule has 3 aromatic rings. The first kappa shape index (κ1) is 11.9. The van der Waals surface area contributed by atoms with Gasteiger partial charge in [0.25, 0.3) is 0 Å². The number of nitrogens with zero attached hydrogens (tertiary/aromatic N) is 2. The molecule has 0 saturated heterocycles. The predicted molar refractivity (Wildman–Crippen MR) is 73.7 cm³/mol. The van der Waals surface area contributed by atoms with Gasteiger partial charge >= 0.3 is 5.97 Å². The van der Waals surface area contributed by atoms with E-state index in [9.17, 15) is 4.79 Å². The molecule has 19 heavy (non-hydrogen) atoms. The van der Waals surface area contributed by atoms with Gasteiger partial charge in [-0.25, -0.2) is 9.78 Å². The molecule has 5 heteroatoms. The van der Waals surface area contributed by atoms with Crippen LogP contribution in [0.15, 0.2) is 42.0 Å². The molecule has 0 radical (unpaired) electrons. The summed E-state index contributed by atoms with van der Waals surface area (Å²) in [4.78, 5) is 17.5. The standard InChI is InChI=1S/C14H12N2O2S/c1-18-14(17)12-5-2-6-16-9-10(15-13(12)16)8-11-4-3-7-19-11/h2-7,9H,8H2,1H3. The van der Waals surface area contributed by atoms with E-state index in [0.29, 0.717) is 11.2 Å². The quantitative estimate of drug-likeness (QED) is 0.689. The molecule has 3 aromatic heterocycles. The van der Waals surface area contributed by atoms with Crippen molar-refractivity contribution in [2.75, 3.05) is 7.11 Å². The fourth-order valence-corrected chi connectivity index (χ4v) is 2.73. The Kier molecular flexibility index (Phi) is 3.05. The van der Waals surface area contributed by atoms with Gasteiger partial charge in [-0.3, -0.25) is 0 Å². The second kappa shape index (κ2) is 4.85. The Hall–Kier alpha value is -2.14. The summed E-state index contributed by atoms with van der Waals surface area (Å²) in [5, 5.41) is 2.05. The first-order valence-electron chi connectivity index (χ1n) is 5.85. The minimum absolute atomic E-state index is 0.362. The molecule has 3 rings (SSSR count). The Morgan fingerprint density at radius 1 is 1.42 bits per heavy atom. The van der Waals surface area contributed by atoms with Crippen molar-refractivity contribution >= 4 is 23.0 Å². The van der Waals surface area contributed by atoms with Crippen molar-refractivity contribution in [3.63, 3.8) is 0 Å². The summed E-state index contributed by atoms with van der Waals surface area (Å²) in [6, 6.07) is 7.64. The molecule has 0 unspecified atom stereocenters. The number of aromatic nitrogens is 2. The van der Waals surface area contributed by atoms with E-state index >= 15 is 0 Å². The van der Waals surface area contributed by atoms with E-state index in [1.54, 1.807) is 17.4 Å². The second-order valence-corrected chi connectivity index (χ2v) is 5.16. The van der Waals surface area contributed by atoms with Crippen LogP contribution in [0.25, 0.3) is 5.65 Å². The Morgan fingerprint density at radius 3 is 3.05 bits per heavy atom. The summed E-state index contributed by atoms with van der Waals surface area (Å²) in [6.07, 6.45) is 4.61. The molecule has 0 aliphatic heterocycles. The van der Waals surface area contributed by atoms with Crippen molar-refractivity contribution in [1.82, 2.24) is 9.38 Å². The highest BCUT2D eigenvalue weighted by atomic mass is 32.1. The number of rotatable bonds is 3. The first-order chi connectivity index (χ1) is 9.28. The average Bonchev–Trinajstić information content (AvgIpc) is 3.06. The zero-order valence-corrected chi connectivity index (χ0v) is 11.2. The largest absolute Gasteiger partial charge is 0.465 e. The van der Waals surface area contributed by atoms with Crippen LogP contribution in [0.5, 0.6) is 0 Å². The molecule has 0 aliphatic rings. The van der Waals surface area contributed by atoms with E-state index in [-0.39, 0.29) is 5.97 Å². The second-order valence-electron chi connectivity index (χ2n) is 4.13. The van der Waals surface area contributed by atoms with Crippen LogP contribution >= 0.6 is 11.3 Å². The van der Waals surface area contributed by atoms with Gasteiger partial charge < -0.3 is 9.14 Å². The normalized spacial score (nSPS) is 10.8. The molecule has 0 aliphatic carbocycles. The van der Waals surface area contributed by atoms with Gasteiger partial charge in [-0.15, -0.1) is 11.3 Å². The molecule has 0 bridgehead atoms. The lowest BCUT2D eigenvalue weighted by Gasteiger charge is -2.00. The highest BCUT2D eigenvalue weighted by Crippen LogP contribution is 2.17. The molecule has 0 amide bonds. The summed E-state index contributed by atoms with van der Waals surface area (Å²) in [7, 11) is 1.38. The zero-order valence-electron chi connectivity index (χ0n) is 10.4. The molecule has 4 nitrogen and oxygen atoms in total. The van der Waals surface area contributed by atoms with Gasteiger partial charge in [0.15, 0.2) is 5.65 Å². The van der Waals surface area contributed by atoms with Gasteiger partial charge in [0.05, 0.1) is 12.8 Å². The van der Waals surface area contributed by atoms with Gasteiger partial charge in [-0.2, -0.15) is 0 Å². The number of ether oxygens (including phenoxy) is 1. The Balaban J connectivity index is 2.03. The first-order valence-corrected chi connectivity index (χ1v) is 6.73. The Morgan fingerprint density at radius 2 is 2.32 bits per heavy atom. The molecule has 0 N–H and O–H groups in total. The molecular formula is C14H12N2O2S. The van der Waals surface area contributed by atoms with Crippen LogP contribution in [0.3, 0.4) is 0 Å². The van der Waals surface area contributed by atoms with Crippen LogP contribution in [-0.2, 0) is 11.2 Å². The number of thiophene rings is 1. The fourth-order valence-electron chi connectivity index (χ4n) is 2.01.